The van der Waals surface area contributed by atoms with Crippen LogP contribution in [0.2, 0.25) is 5.15 Å². The van der Waals surface area contributed by atoms with Crippen LogP contribution in [0.15, 0.2) is 18.3 Å². The lowest BCUT2D eigenvalue weighted by molar-refractivity contribution is 0.0698. The van der Waals surface area contributed by atoms with Crippen molar-refractivity contribution in [3.05, 3.63) is 29.0 Å². The fourth-order valence-electron chi connectivity index (χ4n) is 1.31. The quantitative estimate of drug-likeness (QED) is 0.828. The molecule has 2 heterocycles. The van der Waals surface area contributed by atoms with E-state index in [1.807, 2.05) is 0 Å². The number of rotatable bonds is 2. The number of carboxylic acid groups (broad SMARTS) is 1. The molecule has 0 aliphatic carbocycles. The van der Waals surface area contributed by atoms with Crippen molar-refractivity contribution in [1.82, 2.24) is 8.96 Å². The monoisotopic (exact) mass is 246 g/mol. The molecule has 0 spiro atoms. The van der Waals surface area contributed by atoms with Gasteiger partial charge in [-0.2, -0.15) is 0 Å². The van der Waals surface area contributed by atoms with Crippen molar-refractivity contribution in [2.45, 2.75) is 0 Å². The molecule has 0 aliphatic heterocycles. The zero-order chi connectivity index (χ0) is 11.0. The van der Waals surface area contributed by atoms with Gasteiger partial charge in [-0.05, 0) is 12.1 Å². The molecule has 0 fully saturated rings. The fraction of sp³-hybridized carbons (Fsp3) is 0. The maximum absolute atomic E-state index is 12.5. The summed E-state index contributed by atoms with van der Waals surface area (Å²) in [5, 5.41) is 8.98. The van der Waals surface area contributed by atoms with E-state index < -0.39 is 5.97 Å². The van der Waals surface area contributed by atoms with E-state index in [0.29, 0.717) is 5.52 Å². The van der Waals surface area contributed by atoms with Gasteiger partial charge in [-0.1, -0.05) is 11.6 Å². The number of carboxylic acids is 1. The Bertz CT molecular complexity index is 543. The number of halogens is 2. The second kappa shape index (κ2) is 3.71. The van der Waals surface area contributed by atoms with Gasteiger partial charge < -0.3 is 5.11 Å². The minimum atomic E-state index is -1.17. The van der Waals surface area contributed by atoms with Crippen LogP contribution in [0.25, 0.3) is 11.0 Å². The number of aromatic nitrogens is 2. The van der Waals surface area contributed by atoms with Crippen molar-refractivity contribution in [1.29, 1.82) is 0 Å². The summed E-state index contributed by atoms with van der Waals surface area (Å²) in [7, 11) is 0. The van der Waals surface area contributed by atoms with E-state index in [-0.39, 0.29) is 28.6 Å². The van der Waals surface area contributed by atoms with E-state index in [0.717, 1.165) is 3.97 Å². The first-order valence-electron chi connectivity index (χ1n) is 3.83. The topological polar surface area (TPSA) is 55.1 Å². The molecule has 2 aromatic heterocycles. The van der Waals surface area contributed by atoms with Crippen LogP contribution in [-0.4, -0.2) is 20.0 Å². The van der Waals surface area contributed by atoms with Crippen LogP contribution >= 0.6 is 23.9 Å². The van der Waals surface area contributed by atoms with Crippen LogP contribution in [-0.2, 0) is 0 Å². The first-order valence-corrected chi connectivity index (χ1v) is 4.88. The van der Waals surface area contributed by atoms with Crippen molar-refractivity contribution in [2.24, 2.45) is 0 Å². The zero-order valence-corrected chi connectivity index (χ0v) is 8.72. The molecule has 2 rings (SSSR count). The van der Waals surface area contributed by atoms with Crippen LogP contribution in [0.3, 0.4) is 0 Å². The lowest BCUT2D eigenvalue weighted by atomic mass is 10.2. The van der Waals surface area contributed by atoms with Crippen molar-refractivity contribution in [3.63, 3.8) is 0 Å². The number of nitrogens with zero attached hydrogens (tertiary/aromatic N) is 2. The van der Waals surface area contributed by atoms with Crippen LogP contribution in [0.1, 0.15) is 10.4 Å². The third-order valence-corrected chi connectivity index (χ3v) is 2.53. The molecule has 2 aromatic rings. The number of hydrogen-bond acceptors (Lipinski definition) is 3. The van der Waals surface area contributed by atoms with Gasteiger partial charge >= 0.3 is 5.97 Å². The Morgan fingerprint density at radius 2 is 2.40 bits per heavy atom. The molecule has 0 radical (unpaired) electrons. The Labute approximate surface area is 93.1 Å². The first-order chi connectivity index (χ1) is 7.13. The Kier molecular flexibility index (Phi) is 2.54. The number of carbonyl (C=O) groups is 1. The molecule has 78 valence electrons. The van der Waals surface area contributed by atoms with Gasteiger partial charge in [0, 0.05) is 6.20 Å². The second-order valence-corrected chi connectivity index (χ2v) is 3.66. The average Bonchev–Trinajstić information content (AvgIpc) is 2.58. The number of aromatic carboxylic acids is 1. The van der Waals surface area contributed by atoms with Gasteiger partial charge in [0.2, 0.25) is 0 Å². The van der Waals surface area contributed by atoms with E-state index in [9.17, 15) is 8.68 Å². The van der Waals surface area contributed by atoms with Gasteiger partial charge in [0.1, 0.15) is 5.15 Å². The Morgan fingerprint density at radius 1 is 1.67 bits per heavy atom. The molecular weight excluding hydrogens is 243 g/mol. The summed E-state index contributed by atoms with van der Waals surface area (Å²) in [6.07, 6.45) is 1.39. The summed E-state index contributed by atoms with van der Waals surface area (Å²) >= 11 is 5.55. The zero-order valence-electron chi connectivity index (χ0n) is 7.15. The molecule has 15 heavy (non-hydrogen) atoms. The number of pyridine rings is 1. The van der Waals surface area contributed by atoms with E-state index in [1.54, 1.807) is 0 Å². The largest absolute Gasteiger partial charge is 0.478 e. The predicted molar refractivity (Wildman–Crippen MR) is 55.8 cm³/mol. The average molecular weight is 247 g/mol. The number of hydrogen-bond donors (Lipinski definition) is 1. The summed E-state index contributed by atoms with van der Waals surface area (Å²) in [6, 6.07) is 2.69. The highest BCUT2D eigenvalue weighted by molar-refractivity contribution is 7.92. The standard InChI is InChI=1S/C8H4ClFN2O2S/c9-6-3-4(8(13)14)7-5(11-6)1-2-12(7)15-10/h1-3H,(H,13,14). The first kappa shape index (κ1) is 10.3. The summed E-state index contributed by atoms with van der Waals surface area (Å²) in [5.74, 6) is -1.17. The van der Waals surface area contributed by atoms with Gasteiger partial charge in [-0.25, -0.2) is 9.78 Å². The molecule has 0 unspecified atom stereocenters. The normalized spacial score (nSPS) is 10.8. The minimum absolute atomic E-state index is 0.0693. The molecule has 0 saturated carbocycles. The van der Waals surface area contributed by atoms with Crippen LogP contribution in [0.4, 0.5) is 3.89 Å². The summed E-state index contributed by atoms with van der Waals surface area (Å²) < 4.78 is 13.5. The van der Waals surface area contributed by atoms with E-state index in [1.165, 1.54) is 18.3 Å². The fourth-order valence-corrected chi connectivity index (χ4v) is 1.87. The van der Waals surface area contributed by atoms with Gasteiger partial charge in [0.05, 0.1) is 16.6 Å². The molecular formula is C8H4ClFN2O2S. The van der Waals surface area contributed by atoms with Crippen molar-refractivity contribution >= 4 is 40.9 Å². The maximum Gasteiger partial charge on any atom is 0.338 e. The Hall–Kier alpha value is -1.27. The van der Waals surface area contributed by atoms with Crippen LogP contribution in [0, 0.1) is 0 Å². The summed E-state index contributed by atoms with van der Waals surface area (Å²) in [6.45, 7) is 0. The Balaban J connectivity index is 2.85. The van der Waals surface area contributed by atoms with Gasteiger partial charge in [-0.15, -0.1) is 3.89 Å². The highest BCUT2D eigenvalue weighted by Gasteiger charge is 2.15. The van der Waals surface area contributed by atoms with Crippen molar-refractivity contribution in [2.75, 3.05) is 0 Å². The molecule has 0 amide bonds. The minimum Gasteiger partial charge on any atom is -0.478 e. The molecule has 0 aromatic carbocycles. The predicted octanol–water partition coefficient (Wildman–Crippen LogP) is 2.77. The lowest BCUT2D eigenvalue weighted by Gasteiger charge is -2.01. The van der Waals surface area contributed by atoms with Crippen LogP contribution in [0.5, 0.6) is 0 Å². The van der Waals surface area contributed by atoms with Crippen LogP contribution < -0.4 is 0 Å². The number of fused-ring (bicyclic) bond motifs is 1. The third kappa shape index (κ3) is 1.66. The maximum atomic E-state index is 12.5. The lowest BCUT2D eigenvalue weighted by Crippen LogP contribution is -2.00. The van der Waals surface area contributed by atoms with Gasteiger partial charge in [0.15, 0.2) is 12.3 Å². The molecule has 0 aliphatic rings. The van der Waals surface area contributed by atoms with E-state index in [4.69, 9.17) is 16.7 Å². The molecule has 0 bridgehead atoms. The van der Waals surface area contributed by atoms with Crippen molar-refractivity contribution in [3.8, 4) is 0 Å². The molecule has 0 saturated heterocycles. The molecule has 4 nitrogen and oxygen atoms in total. The molecule has 7 heteroatoms. The van der Waals surface area contributed by atoms with Gasteiger partial charge in [0.25, 0.3) is 0 Å². The second-order valence-electron chi connectivity index (χ2n) is 2.74. The smallest absolute Gasteiger partial charge is 0.338 e. The van der Waals surface area contributed by atoms with E-state index in [2.05, 4.69) is 4.98 Å². The van der Waals surface area contributed by atoms with E-state index >= 15 is 0 Å². The third-order valence-electron chi connectivity index (χ3n) is 1.88. The van der Waals surface area contributed by atoms with Crippen molar-refractivity contribution < 1.29 is 13.8 Å². The highest BCUT2D eigenvalue weighted by atomic mass is 35.5. The molecule has 1 N–H and O–H groups in total. The highest BCUT2D eigenvalue weighted by Crippen LogP contribution is 2.25. The molecule has 0 atom stereocenters. The summed E-state index contributed by atoms with van der Waals surface area (Å²) in [4.78, 5) is 14.8. The Morgan fingerprint density at radius 3 is 3.00 bits per heavy atom. The van der Waals surface area contributed by atoms with Gasteiger partial charge in [-0.3, -0.25) is 3.97 Å². The SMILES string of the molecule is O=C(O)c1cc(Cl)nc2ccn(SF)c12. The summed E-state index contributed by atoms with van der Waals surface area (Å²) in [5.41, 5.74) is 0.490.